The van der Waals surface area contributed by atoms with Crippen molar-refractivity contribution in [1.82, 2.24) is 0 Å². The summed E-state index contributed by atoms with van der Waals surface area (Å²) in [5.41, 5.74) is 0.590. The Kier molecular flexibility index (Phi) is 3.87. The average molecular weight is 196 g/mol. The van der Waals surface area contributed by atoms with Crippen LogP contribution in [0.3, 0.4) is 0 Å². The molecule has 0 atom stereocenters. The molecule has 0 N–H and O–H groups in total. The maximum atomic E-state index is 10.6. The highest BCUT2D eigenvalue weighted by Gasteiger charge is 1.95. The van der Waals surface area contributed by atoms with E-state index in [9.17, 15) is 5.21 Å². The van der Waals surface area contributed by atoms with Crippen molar-refractivity contribution < 1.29 is 14.3 Å². The lowest BCUT2D eigenvalue weighted by Gasteiger charge is -2.03. The van der Waals surface area contributed by atoms with Crippen LogP contribution in [0.4, 0.5) is 5.69 Å². The van der Waals surface area contributed by atoms with Gasteiger partial charge < -0.3 is 14.7 Å². The van der Waals surface area contributed by atoms with E-state index in [1.54, 1.807) is 31.4 Å². The Morgan fingerprint density at radius 3 is 2.50 bits per heavy atom. The quantitative estimate of drug-likeness (QED) is 0.320. The molecule has 0 amide bonds. The Balaban J connectivity index is 2.64. The summed E-state index contributed by atoms with van der Waals surface area (Å²) in [6.45, 7) is 0.206. The number of hydroxylamine groups is 1. The number of nitrogens with zero attached hydrogens (tertiary/aromatic N) is 2. The first-order valence-corrected chi connectivity index (χ1v) is 4.06. The zero-order valence-corrected chi connectivity index (χ0v) is 8.14. The van der Waals surface area contributed by atoms with Crippen LogP contribution in [-0.4, -0.2) is 25.8 Å². The van der Waals surface area contributed by atoms with Gasteiger partial charge in [0.25, 0.3) is 0 Å². The molecule has 0 fully saturated rings. The molecule has 0 heterocycles. The number of azo groups is 1. The SMILES string of the molecule is COCOc1ccc(N=[N+](C)[O-])cc1. The van der Waals surface area contributed by atoms with Crippen LogP contribution in [0.2, 0.25) is 0 Å². The Morgan fingerprint density at radius 2 is 2.00 bits per heavy atom. The number of methoxy groups -OCH3 is 1. The smallest absolute Gasteiger partial charge is 0.188 e. The zero-order chi connectivity index (χ0) is 10.4. The van der Waals surface area contributed by atoms with E-state index in [2.05, 4.69) is 5.11 Å². The minimum Gasteiger partial charge on any atom is -0.600 e. The topological polar surface area (TPSA) is 56.9 Å². The van der Waals surface area contributed by atoms with E-state index in [0.717, 1.165) is 0 Å². The van der Waals surface area contributed by atoms with Crippen molar-refractivity contribution in [2.45, 2.75) is 0 Å². The molecule has 5 nitrogen and oxygen atoms in total. The number of ether oxygens (including phenoxy) is 2. The van der Waals surface area contributed by atoms with E-state index in [1.807, 2.05) is 0 Å². The fourth-order valence-corrected chi connectivity index (χ4v) is 0.899. The second-order valence-electron chi connectivity index (χ2n) is 2.61. The Hall–Kier alpha value is -1.62. The van der Waals surface area contributed by atoms with E-state index < -0.39 is 0 Å². The molecular weight excluding hydrogens is 184 g/mol. The highest BCUT2D eigenvalue weighted by atomic mass is 16.7. The monoisotopic (exact) mass is 196 g/mol. The van der Waals surface area contributed by atoms with Crippen LogP contribution >= 0.6 is 0 Å². The molecule has 5 heteroatoms. The normalized spacial score (nSPS) is 11.4. The standard InChI is InChI=1S/C9H12N2O3/c1-11(12)10-8-3-5-9(6-4-8)14-7-13-2/h3-6H,7H2,1-2H3. The van der Waals surface area contributed by atoms with Crippen LogP contribution in [0.25, 0.3) is 0 Å². The predicted octanol–water partition coefficient (Wildman–Crippen LogP) is 1.89. The molecule has 0 aliphatic rings. The molecule has 1 rings (SSSR count). The summed E-state index contributed by atoms with van der Waals surface area (Å²) < 4.78 is 9.90. The van der Waals surface area contributed by atoms with E-state index >= 15 is 0 Å². The highest BCUT2D eigenvalue weighted by molar-refractivity contribution is 5.40. The van der Waals surface area contributed by atoms with E-state index in [-0.39, 0.29) is 6.79 Å². The molecule has 0 saturated heterocycles. The lowest BCUT2D eigenvalue weighted by molar-refractivity contribution is -0.493. The lowest BCUT2D eigenvalue weighted by Crippen LogP contribution is -1.98. The van der Waals surface area contributed by atoms with Gasteiger partial charge in [-0.2, -0.15) is 0 Å². The Labute approximate surface area is 82.2 Å². The van der Waals surface area contributed by atoms with Crippen LogP contribution in [0.1, 0.15) is 0 Å². The molecule has 0 aliphatic carbocycles. The van der Waals surface area contributed by atoms with Crippen LogP contribution in [0, 0.1) is 5.21 Å². The van der Waals surface area contributed by atoms with Crippen LogP contribution in [0.15, 0.2) is 29.4 Å². The van der Waals surface area contributed by atoms with Gasteiger partial charge >= 0.3 is 0 Å². The molecule has 14 heavy (non-hydrogen) atoms. The van der Waals surface area contributed by atoms with Gasteiger partial charge in [0.15, 0.2) is 13.8 Å². The number of hydrogen-bond acceptors (Lipinski definition) is 4. The average Bonchev–Trinajstić information content (AvgIpc) is 2.16. The summed E-state index contributed by atoms with van der Waals surface area (Å²) in [4.78, 5) is 0.505. The molecule has 1 aromatic rings. The van der Waals surface area contributed by atoms with Gasteiger partial charge in [0, 0.05) is 12.2 Å². The molecule has 1 aromatic carbocycles. The Bertz CT molecular complexity index is 304. The van der Waals surface area contributed by atoms with Gasteiger partial charge in [-0.15, -0.1) is 0 Å². The van der Waals surface area contributed by atoms with Crippen molar-refractivity contribution in [2.24, 2.45) is 5.11 Å². The van der Waals surface area contributed by atoms with Gasteiger partial charge in [0.05, 0.1) is 0 Å². The van der Waals surface area contributed by atoms with Crippen LogP contribution in [-0.2, 0) is 4.74 Å². The van der Waals surface area contributed by atoms with Gasteiger partial charge in [-0.05, 0) is 24.3 Å². The van der Waals surface area contributed by atoms with Gasteiger partial charge in [-0.25, -0.2) is 0 Å². The third-order valence-corrected chi connectivity index (χ3v) is 1.44. The zero-order valence-electron chi connectivity index (χ0n) is 8.14. The third kappa shape index (κ3) is 3.40. The molecule has 0 saturated carbocycles. The summed E-state index contributed by atoms with van der Waals surface area (Å²) in [5.74, 6) is 0.680. The van der Waals surface area contributed by atoms with Crippen molar-refractivity contribution in [3.8, 4) is 5.75 Å². The summed E-state index contributed by atoms with van der Waals surface area (Å²) in [6, 6.07) is 6.83. The fourth-order valence-electron chi connectivity index (χ4n) is 0.899. The summed E-state index contributed by atoms with van der Waals surface area (Å²) in [7, 11) is 2.88. The maximum Gasteiger partial charge on any atom is 0.188 e. The number of benzene rings is 1. The van der Waals surface area contributed by atoms with Crippen LogP contribution < -0.4 is 4.74 Å². The van der Waals surface area contributed by atoms with Gasteiger partial charge in [-0.3, -0.25) is 0 Å². The minimum atomic E-state index is 0.206. The number of hydrogen-bond donors (Lipinski definition) is 0. The molecule has 0 unspecified atom stereocenters. The third-order valence-electron chi connectivity index (χ3n) is 1.44. The summed E-state index contributed by atoms with van der Waals surface area (Å²) in [6.07, 6.45) is 0. The second kappa shape index (κ2) is 5.18. The van der Waals surface area contributed by atoms with Crippen molar-refractivity contribution in [1.29, 1.82) is 0 Å². The first-order chi connectivity index (χ1) is 6.72. The van der Waals surface area contributed by atoms with Crippen molar-refractivity contribution in [3.63, 3.8) is 0 Å². The highest BCUT2D eigenvalue weighted by Crippen LogP contribution is 2.17. The van der Waals surface area contributed by atoms with Gasteiger partial charge in [0.2, 0.25) is 0 Å². The Morgan fingerprint density at radius 1 is 1.36 bits per heavy atom. The van der Waals surface area contributed by atoms with E-state index in [0.29, 0.717) is 16.3 Å². The fraction of sp³-hybridized carbons (Fsp3) is 0.333. The summed E-state index contributed by atoms with van der Waals surface area (Å²) in [5, 5.41) is 14.2. The summed E-state index contributed by atoms with van der Waals surface area (Å²) >= 11 is 0. The van der Waals surface area contributed by atoms with Gasteiger partial charge in [0.1, 0.15) is 11.4 Å². The molecule has 0 radical (unpaired) electrons. The predicted molar refractivity (Wildman–Crippen MR) is 50.6 cm³/mol. The molecular formula is C9H12N2O3. The molecule has 76 valence electrons. The molecule has 0 aliphatic heterocycles. The minimum absolute atomic E-state index is 0.206. The maximum absolute atomic E-state index is 10.6. The second-order valence-corrected chi connectivity index (χ2v) is 2.61. The van der Waals surface area contributed by atoms with E-state index in [1.165, 1.54) is 7.05 Å². The number of rotatable bonds is 4. The van der Waals surface area contributed by atoms with E-state index in [4.69, 9.17) is 9.47 Å². The first-order valence-electron chi connectivity index (χ1n) is 4.06. The van der Waals surface area contributed by atoms with Gasteiger partial charge in [-0.1, -0.05) is 4.86 Å². The van der Waals surface area contributed by atoms with Crippen LogP contribution in [0.5, 0.6) is 5.75 Å². The largest absolute Gasteiger partial charge is 0.600 e. The first kappa shape index (κ1) is 10.5. The molecule has 0 aromatic heterocycles. The van der Waals surface area contributed by atoms with Crippen molar-refractivity contribution in [2.75, 3.05) is 21.0 Å². The van der Waals surface area contributed by atoms with Crippen molar-refractivity contribution >= 4 is 5.69 Å². The lowest BCUT2D eigenvalue weighted by atomic mass is 10.3. The molecule has 0 bridgehead atoms. The van der Waals surface area contributed by atoms with Crippen molar-refractivity contribution in [3.05, 3.63) is 29.5 Å². The molecule has 0 spiro atoms.